The van der Waals surface area contributed by atoms with Crippen molar-refractivity contribution in [1.29, 1.82) is 0 Å². The van der Waals surface area contributed by atoms with E-state index in [-0.39, 0.29) is 24.4 Å². The predicted molar refractivity (Wildman–Crippen MR) is 74.9 cm³/mol. The molecule has 0 aromatic heterocycles. The summed E-state index contributed by atoms with van der Waals surface area (Å²) < 4.78 is 5.09. The van der Waals surface area contributed by atoms with Crippen molar-refractivity contribution in [3.05, 3.63) is 23.2 Å². The molecule has 0 spiro atoms. The molecule has 1 aromatic rings. The second-order valence-electron chi connectivity index (χ2n) is 3.99. The van der Waals surface area contributed by atoms with Gasteiger partial charge in [-0.3, -0.25) is 4.79 Å². The average molecular weight is 291 g/mol. The minimum absolute atomic E-state index is 0. The van der Waals surface area contributed by atoms with Crippen LogP contribution in [0.4, 0.5) is 5.69 Å². The number of carbonyl (C=O) groups is 1. The summed E-state index contributed by atoms with van der Waals surface area (Å²) in [5.41, 5.74) is 0.699. The summed E-state index contributed by atoms with van der Waals surface area (Å²) in [5.74, 6) is 0.552. The first-order chi connectivity index (χ1) is 8.20. The normalized spacial score (nSPS) is 18.0. The molecule has 1 heterocycles. The number of ether oxygens (including phenoxy) is 1. The Labute approximate surface area is 117 Å². The van der Waals surface area contributed by atoms with E-state index in [0.717, 1.165) is 19.4 Å². The van der Waals surface area contributed by atoms with E-state index in [1.54, 1.807) is 25.3 Å². The number of benzene rings is 1. The van der Waals surface area contributed by atoms with Gasteiger partial charge in [0.2, 0.25) is 5.91 Å². The molecular weight excluding hydrogens is 275 g/mol. The highest BCUT2D eigenvalue weighted by molar-refractivity contribution is 6.32. The number of halogens is 2. The van der Waals surface area contributed by atoms with Gasteiger partial charge in [-0.1, -0.05) is 11.6 Å². The Hall–Kier alpha value is -0.970. The smallest absolute Gasteiger partial charge is 0.241 e. The Bertz CT molecular complexity index is 421. The van der Waals surface area contributed by atoms with Gasteiger partial charge in [0.15, 0.2) is 0 Å². The first-order valence-corrected chi connectivity index (χ1v) is 5.96. The van der Waals surface area contributed by atoms with Crippen LogP contribution in [0.3, 0.4) is 0 Å². The summed E-state index contributed by atoms with van der Waals surface area (Å²) >= 11 is 5.91. The molecule has 100 valence electrons. The van der Waals surface area contributed by atoms with E-state index in [1.807, 2.05) is 0 Å². The minimum atomic E-state index is -0.0864. The van der Waals surface area contributed by atoms with Gasteiger partial charge >= 0.3 is 0 Å². The predicted octanol–water partition coefficient (Wildman–Crippen LogP) is 2.46. The summed E-state index contributed by atoms with van der Waals surface area (Å²) in [5, 5.41) is 6.52. The Kier molecular flexibility index (Phi) is 5.72. The van der Waals surface area contributed by atoms with Crippen molar-refractivity contribution in [3.8, 4) is 5.75 Å². The van der Waals surface area contributed by atoms with Gasteiger partial charge in [0, 0.05) is 11.8 Å². The lowest BCUT2D eigenvalue weighted by Crippen LogP contribution is -2.35. The fourth-order valence-electron chi connectivity index (χ4n) is 1.88. The van der Waals surface area contributed by atoms with Crippen LogP contribution in [0.25, 0.3) is 0 Å². The largest absolute Gasteiger partial charge is 0.495 e. The zero-order chi connectivity index (χ0) is 12.3. The molecule has 0 aliphatic carbocycles. The van der Waals surface area contributed by atoms with Crippen molar-refractivity contribution in [3.63, 3.8) is 0 Å². The SMILES string of the molecule is COc1cc(NC(=O)C2CCCN2)ccc1Cl.Cl. The van der Waals surface area contributed by atoms with Crippen molar-refractivity contribution < 1.29 is 9.53 Å². The molecule has 4 nitrogen and oxygen atoms in total. The van der Waals surface area contributed by atoms with Crippen LogP contribution in [-0.2, 0) is 4.79 Å². The minimum Gasteiger partial charge on any atom is -0.495 e. The maximum Gasteiger partial charge on any atom is 0.241 e. The van der Waals surface area contributed by atoms with Crippen molar-refractivity contribution in [1.82, 2.24) is 5.32 Å². The van der Waals surface area contributed by atoms with Crippen LogP contribution in [0.15, 0.2) is 18.2 Å². The zero-order valence-electron chi connectivity index (χ0n) is 10.0. The first-order valence-electron chi connectivity index (χ1n) is 5.58. The summed E-state index contributed by atoms with van der Waals surface area (Å²) in [6.45, 7) is 0.905. The number of anilines is 1. The van der Waals surface area contributed by atoms with Crippen molar-refractivity contribution in [2.45, 2.75) is 18.9 Å². The van der Waals surface area contributed by atoms with Gasteiger partial charge in [0.1, 0.15) is 5.75 Å². The third-order valence-corrected chi connectivity index (χ3v) is 3.11. The highest BCUT2D eigenvalue weighted by atomic mass is 35.5. The molecule has 1 aromatic carbocycles. The summed E-state index contributed by atoms with van der Waals surface area (Å²) in [6, 6.07) is 5.10. The number of methoxy groups -OCH3 is 1. The van der Waals surface area contributed by atoms with Gasteiger partial charge in [-0.05, 0) is 31.5 Å². The third-order valence-electron chi connectivity index (χ3n) is 2.80. The van der Waals surface area contributed by atoms with Crippen LogP contribution in [0.2, 0.25) is 5.02 Å². The molecule has 2 N–H and O–H groups in total. The molecular formula is C12H16Cl2N2O2. The molecule has 6 heteroatoms. The van der Waals surface area contributed by atoms with E-state index in [0.29, 0.717) is 16.5 Å². The van der Waals surface area contributed by atoms with Crippen molar-refractivity contribution in [2.24, 2.45) is 0 Å². The van der Waals surface area contributed by atoms with Crippen LogP contribution in [0, 0.1) is 0 Å². The Morgan fingerprint density at radius 1 is 1.56 bits per heavy atom. The monoisotopic (exact) mass is 290 g/mol. The molecule has 1 amide bonds. The number of carbonyl (C=O) groups excluding carboxylic acids is 1. The van der Waals surface area contributed by atoms with E-state index < -0.39 is 0 Å². The van der Waals surface area contributed by atoms with Crippen LogP contribution in [0.1, 0.15) is 12.8 Å². The highest BCUT2D eigenvalue weighted by Gasteiger charge is 2.21. The third kappa shape index (κ3) is 3.51. The molecule has 2 rings (SSSR count). The molecule has 0 saturated carbocycles. The van der Waals surface area contributed by atoms with E-state index in [4.69, 9.17) is 16.3 Å². The molecule has 1 unspecified atom stereocenters. The molecule has 0 bridgehead atoms. The highest BCUT2D eigenvalue weighted by Crippen LogP contribution is 2.27. The molecule has 1 atom stereocenters. The van der Waals surface area contributed by atoms with Gasteiger partial charge in [0.25, 0.3) is 0 Å². The van der Waals surface area contributed by atoms with Gasteiger partial charge in [-0.15, -0.1) is 12.4 Å². The summed E-state index contributed by atoms with van der Waals surface area (Å²) in [4.78, 5) is 11.9. The van der Waals surface area contributed by atoms with Crippen LogP contribution >= 0.6 is 24.0 Å². The van der Waals surface area contributed by atoms with Crippen molar-refractivity contribution >= 4 is 35.6 Å². The van der Waals surface area contributed by atoms with E-state index in [1.165, 1.54) is 0 Å². The number of rotatable bonds is 3. The average Bonchev–Trinajstić information content (AvgIpc) is 2.85. The second-order valence-corrected chi connectivity index (χ2v) is 4.39. The maximum atomic E-state index is 11.9. The van der Waals surface area contributed by atoms with Gasteiger partial charge in [-0.2, -0.15) is 0 Å². The molecule has 1 fully saturated rings. The number of amides is 1. The lowest BCUT2D eigenvalue weighted by molar-refractivity contribution is -0.117. The van der Waals surface area contributed by atoms with Crippen LogP contribution in [0.5, 0.6) is 5.75 Å². The van der Waals surface area contributed by atoms with E-state index in [2.05, 4.69) is 10.6 Å². The summed E-state index contributed by atoms with van der Waals surface area (Å²) in [7, 11) is 1.55. The van der Waals surface area contributed by atoms with Crippen molar-refractivity contribution in [2.75, 3.05) is 19.0 Å². The quantitative estimate of drug-likeness (QED) is 0.899. The van der Waals surface area contributed by atoms with Crippen LogP contribution < -0.4 is 15.4 Å². The molecule has 1 aliphatic heterocycles. The lowest BCUT2D eigenvalue weighted by atomic mass is 10.2. The van der Waals surface area contributed by atoms with Gasteiger partial charge < -0.3 is 15.4 Å². The summed E-state index contributed by atoms with van der Waals surface area (Å²) in [6.07, 6.45) is 1.93. The van der Waals surface area contributed by atoms with E-state index in [9.17, 15) is 4.79 Å². The topological polar surface area (TPSA) is 50.4 Å². The number of hydrogen-bond donors (Lipinski definition) is 2. The number of nitrogens with one attached hydrogen (secondary N) is 2. The molecule has 1 saturated heterocycles. The Morgan fingerprint density at radius 2 is 2.33 bits per heavy atom. The maximum absolute atomic E-state index is 11.9. The molecule has 1 aliphatic rings. The zero-order valence-corrected chi connectivity index (χ0v) is 11.6. The molecule has 0 radical (unpaired) electrons. The van der Waals surface area contributed by atoms with Gasteiger partial charge in [0.05, 0.1) is 18.2 Å². The second kappa shape index (κ2) is 6.83. The Balaban J connectivity index is 0.00000162. The molecule has 18 heavy (non-hydrogen) atoms. The first kappa shape index (κ1) is 15.1. The van der Waals surface area contributed by atoms with E-state index >= 15 is 0 Å². The van der Waals surface area contributed by atoms with Gasteiger partial charge in [-0.25, -0.2) is 0 Å². The lowest BCUT2D eigenvalue weighted by Gasteiger charge is -2.12. The fourth-order valence-corrected chi connectivity index (χ4v) is 2.07. The standard InChI is InChI=1S/C12H15ClN2O2.ClH/c1-17-11-7-8(4-5-9(11)13)15-12(16)10-3-2-6-14-10;/h4-5,7,10,14H,2-3,6H2,1H3,(H,15,16);1H. The Morgan fingerprint density at radius 3 is 2.94 bits per heavy atom. The van der Waals surface area contributed by atoms with Crippen LogP contribution in [-0.4, -0.2) is 25.6 Å². The fraction of sp³-hybridized carbons (Fsp3) is 0.417. The number of hydrogen-bond acceptors (Lipinski definition) is 3.